The van der Waals surface area contributed by atoms with Crippen molar-refractivity contribution in [3.05, 3.63) is 234 Å². The third kappa shape index (κ3) is 4.93. The zero-order chi connectivity index (χ0) is 37.1. The van der Waals surface area contributed by atoms with Gasteiger partial charge in [0.25, 0.3) is 0 Å². The van der Waals surface area contributed by atoms with Gasteiger partial charge in [-0.15, -0.1) is 0 Å². The van der Waals surface area contributed by atoms with E-state index in [1.165, 1.54) is 88.7 Å². The molecule has 1 unspecified atom stereocenters. The van der Waals surface area contributed by atoms with E-state index in [0.717, 1.165) is 17.8 Å². The molecule has 7 aromatic rings. The van der Waals surface area contributed by atoms with Gasteiger partial charge in [0.2, 0.25) is 0 Å². The van der Waals surface area contributed by atoms with Crippen molar-refractivity contribution in [3.8, 4) is 33.4 Å². The Morgan fingerprint density at radius 3 is 2.20 bits per heavy atom. The topological polar surface area (TPSA) is 3.24 Å². The van der Waals surface area contributed by atoms with Crippen molar-refractivity contribution < 1.29 is 0 Å². The Morgan fingerprint density at radius 1 is 0.600 bits per heavy atom. The van der Waals surface area contributed by atoms with Gasteiger partial charge < -0.3 is 4.90 Å². The lowest BCUT2D eigenvalue weighted by molar-refractivity contribution is 0.787. The molecule has 7 aromatic carbocycles. The summed E-state index contributed by atoms with van der Waals surface area (Å²) in [5, 5.41) is 2.43. The molecule has 3 aliphatic rings. The van der Waals surface area contributed by atoms with Gasteiger partial charge in [-0.3, -0.25) is 0 Å². The van der Waals surface area contributed by atoms with Crippen molar-refractivity contribution in [2.75, 3.05) is 4.90 Å². The van der Waals surface area contributed by atoms with Crippen LogP contribution in [0.5, 0.6) is 0 Å². The summed E-state index contributed by atoms with van der Waals surface area (Å²) in [6.07, 6.45) is 15.7. The molecule has 0 aromatic heterocycles. The number of benzene rings is 7. The molecule has 10 rings (SSSR count). The van der Waals surface area contributed by atoms with E-state index in [4.69, 9.17) is 0 Å². The third-order valence-corrected chi connectivity index (χ3v) is 12.1. The number of rotatable bonds is 7. The van der Waals surface area contributed by atoms with Crippen molar-refractivity contribution in [3.63, 3.8) is 0 Å². The van der Waals surface area contributed by atoms with Crippen molar-refractivity contribution in [2.45, 2.75) is 25.7 Å². The maximum atomic E-state index is 3.84. The number of hydrogen-bond acceptors (Lipinski definition) is 1. The van der Waals surface area contributed by atoms with Gasteiger partial charge in [-0.05, 0) is 134 Å². The van der Waals surface area contributed by atoms with Crippen molar-refractivity contribution in [2.24, 2.45) is 0 Å². The number of hydrogen-bond donors (Lipinski definition) is 0. The zero-order valence-corrected chi connectivity index (χ0v) is 31.3. The molecule has 0 N–H and O–H groups in total. The fourth-order valence-electron chi connectivity index (χ4n) is 9.66. The molecular weight excluding hydrogens is 663 g/mol. The van der Waals surface area contributed by atoms with Gasteiger partial charge in [-0.25, -0.2) is 0 Å². The molecule has 0 amide bonds. The van der Waals surface area contributed by atoms with Crippen LogP contribution in [0.3, 0.4) is 0 Å². The van der Waals surface area contributed by atoms with E-state index >= 15 is 0 Å². The van der Waals surface area contributed by atoms with Crippen LogP contribution in [0.25, 0.3) is 49.7 Å². The number of nitrogens with zero attached hydrogens (tertiary/aromatic N) is 1. The molecule has 0 heterocycles. The molecule has 3 aliphatic carbocycles. The summed E-state index contributed by atoms with van der Waals surface area (Å²) in [5.74, 6) is 0. The molecule has 0 aliphatic heterocycles. The smallest absolute Gasteiger partial charge is 0.0722 e. The summed E-state index contributed by atoms with van der Waals surface area (Å²) in [7, 11) is 0. The maximum absolute atomic E-state index is 3.84. The molecule has 0 saturated heterocycles. The van der Waals surface area contributed by atoms with Gasteiger partial charge in [0.15, 0.2) is 0 Å². The van der Waals surface area contributed by atoms with Crippen LogP contribution in [0.2, 0.25) is 0 Å². The van der Waals surface area contributed by atoms with Gasteiger partial charge in [-0.2, -0.15) is 0 Å². The molecule has 0 bridgehead atoms. The molecule has 1 atom stereocenters. The van der Waals surface area contributed by atoms with Gasteiger partial charge in [0.1, 0.15) is 0 Å². The van der Waals surface area contributed by atoms with Crippen LogP contribution in [0.15, 0.2) is 200 Å². The van der Waals surface area contributed by atoms with E-state index in [2.05, 4.69) is 195 Å². The molecule has 55 heavy (non-hydrogen) atoms. The summed E-state index contributed by atoms with van der Waals surface area (Å²) < 4.78 is 0. The summed E-state index contributed by atoms with van der Waals surface area (Å²) in [5.41, 5.74) is 20.8. The van der Waals surface area contributed by atoms with Crippen LogP contribution in [0, 0.1) is 13.8 Å². The van der Waals surface area contributed by atoms with E-state index in [1.54, 1.807) is 6.08 Å². The largest absolute Gasteiger partial charge is 0.317 e. The van der Waals surface area contributed by atoms with E-state index in [0.29, 0.717) is 0 Å². The van der Waals surface area contributed by atoms with Crippen LogP contribution in [0.1, 0.15) is 39.8 Å². The Bertz CT molecular complexity index is 2820. The first-order valence-corrected chi connectivity index (χ1v) is 19.3. The molecular formula is C54H41N. The Labute approximate surface area is 324 Å². The normalized spacial score (nSPS) is 16.3. The highest BCUT2D eigenvalue weighted by atomic mass is 15.1. The first-order chi connectivity index (χ1) is 27.1. The Hall–Kier alpha value is -6.70. The SMILES string of the molecule is C=C/C=C\C=C/N(c1ccc(-c2ccc3c(c2)C2(C4=C(CC=C4)c4ccccc42)c2ccc(-c4ccccc4C)c(C)c2-3)cc1)c1cccc2ccccc12. The van der Waals surface area contributed by atoms with Crippen LogP contribution >= 0.6 is 0 Å². The number of anilines is 2. The lowest BCUT2D eigenvalue weighted by atomic mass is 9.69. The Morgan fingerprint density at radius 2 is 1.35 bits per heavy atom. The molecule has 1 heteroatoms. The highest BCUT2D eigenvalue weighted by Gasteiger charge is 2.53. The first kappa shape index (κ1) is 32.9. The van der Waals surface area contributed by atoms with Gasteiger partial charge >= 0.3 is 0 Å². The first-order valence-electron chi connectivity index (χ1n) is 19.3. The van der Waals surface area contributed by atoms with Crippen LogP contribution in [-0.2, 0) is 5.41 Å². The predicted octanol–water partition coefficient (Wildman–Crippen LogP) is 14.2. The van der Waals surface area contributed by atoms with Gasteiger partial charge in [0, 0.05) is 17.3 Å². The standard InChI is InChI=1S/C54H41N/c1-4-5-6-13-34-55(52-25-14-18-39-17-8-10-20-44(39)52)41-29-26-38(27-30-41)40-28-31-47-51(35-40)54(48-23-12-11-21-45(48)46-22-15-24-49(46)54)50-33-32-43(37(3)53(47)50)42-19-9-7-16-36(42)2/h4-21,23-35H,1,22H2,2-3H3/b6-5-,34-13-. The minimum atomic E-state index is -0.358. The lowest BCUT2D eigenvalue weighted by Gasteiger charge is -2.32. The molecule has 0 saturated carbocycles. The van der Waals surface area contributed by atoms with Gasteiger partial charge in [0.05, 0.1) is 11.1 Å². The van der Waals surface area contributed by atoms with E-state index in [1.807, 2.05) is 12.2 Å². The quantitative estimate of drug-likeness (QED) is 0.149. The van der Waals surface area contributed by atoms with Crippen molar-refractivity contribution >= 4 is 27.7 Å². The summed E-state index contributed by atoms with van der Waals surface area (Å²) in [6, 6.07) is 54.1. The fourth-order valence-corrected chi connectivity index (χ4v) is 9.66. The van der Waals surface area contributed by atoms with Crippen LogP contribution < -0.4 is 4.90 Å². The minimum absolute atomic E-state index is 0.358. The second-order valence-electron chi connectivity index (χ2n) is 14.9. The van der Waals surface area contributed by atoms with E-state index in [-0.39, 0.29) is 5.41 Å². The van der Waals surface area contributed by atoms with Crippen molar-refractivity contribution in [1.82, 2.24) is 0 Å². The number of allylic oxidation sites excluding steroid dienone is 8. The lowest BCUT2D eigenvalue weighted by Crippen LogP contribution is -2.26. The average Bonchev–Trinajstić information content (AvgIpc) is 3.91. The fraction of sp³-hybridized carbons (Fsp3) is 0.0741. The highest BCUT2D eigenvalue weighted by molar-refractivity contribution is 6.00. The summed E-state index contributed by atoms with van der Waals surface area (Å²) in [4.78, 5) is 2.28. The second-order valence-corrected chi connectivity index (χ2v) is 14.9. The second kappa shape index (κ2) is 13.0. The van der Waals surface area contributed by atoms with Crippen LogP contribution in [-0.4, -0.2) is 0 Å². The molecule has 1 spiro atoms. The van der Waals surface area contributed by atoms with E-state index in [9.17, 15) is 0 Å². The summed E-state index contributed by atoms with van der Waals surface area (Å²) in [6.45, 7) is 8.40. The number of fused-ring (bicyclic) bond motifs is 10. The third-order valence-electron chi connectivity index (χ3n) is 12.1. The van der Waals surface area contributed by atoms with E-state index < -0.39 is 0 Å². The number of aryl methyl sites for hydroxylation is 1. The molecule has 0 radical (unpaired) electrons. The Balaban J connectivity index is 1.13. The predicted molar refractivity (Wildman–Crippen MR) is 234 cm³/mol. The monoisotopic (exact) mass is 703 g/mol. The zero-order valence-electron chi connectivity index (χ0n) is 31.3. The van der Waals surface area contributed by atoms with Crippen LogP contribution in [0.4, 0.5) is 11.4 Å². The highest BCUT2D eigenvalue weighted by Crippen LogP contribution is 2.65. The Kier molecular flexibility index (Phi) is 7.78. The van der Waals surface area contributed by atoms with Gasteiger partial charge in [-0.1, -0.05) is 158 Å². The minimum Gasteiger partial charge on any atom is -0.317 e. The molecule has 1 nitrogen and oxygen atoms in total. The molecule has 0 fully saturated rings. The maximum Gasteiger partial charge on any atom is 0.0722 e. The average molecular weight is 704 g/mol. The van der Waals surface area contributed by atoms with Crippen molar-refractivity contribution in [1.29, 1.82) is 0 Å². The summed E-state index contributed by atoms with van der Waals surface area (Å²) >= 11 is 0. The molecule has 262 valence electrons.